The number of likely N-dealkylation sites (tertiary alicyclic amines) is 1. The van der Waals surface area contributed by atoms with Gasteiger partial charge in [0.1, 0.15) is 0 Å². The first-order valence-electron chi connectivity index (χ1n) is 4.16. The van der Waals surface area contributed by atoms with Crippen molar-refractivity contribution in [2.45, 2.75) is 19.8 Å². The lowest BCUT2D eigenvalue weighted by molar-refractivity contribution is 0.330. The fraction of sp³-hybridized carbons (Fsp3) is 1.00. The van der Waals surface area contributed by atoms with E-state index in [4.69, 9.17) is 0 Å². The van der Waals surface area contributed by atoms with Gasteiger partial charge in [0, 0.05) is 6.54 Å². The van der Waals surface area contributed by atoms with Crippen molar-refractivity contribution in [2.75, 3.05) is 25.4 Å². The number of hydrogen-bond donors (Lipinski definition) is 1. The van der Waals surface area contributed by atoms with Crippen LogP contribution in [-0.2, 0) is 0 Å². The maximum Gasteiger partial charge on any atom is 0.000750 e. The summed E-state index contributed by atoms with van der Waals surface area (Å²) in [6.45, 7) is 6.22. The Balaban J connectivity index is 2.06. The smallest absolute Gasteiger partial charge is 0.000750 e. The Hall–Kier alpha value is 0.310. The molecule has 0 saturated carbocycles. The lowest BCUT2D eigenvalue weighted by Crippen LogP contribution is -2.21. The Morgan fingerprint density at radius 3 is 2.90 bits per heavy atom. The number of hydrogen-bond acceptors (Lipinski definition) is 2. The molecule has 1 atom stereocenters. The summed E-state index contributed by atoms with van der Waals surface area (Å²) in [4.78, 5) is 2.54. The molecule has 1 unspecified atom stereocenters. The summed E-state index contributed by atoms with van der Waals surface area (Å²) in [6.07, 6.45) is 2.64. The maximum absolute atomic E-state index is 4.19. The van der Waals surface area contributed by atoms with Crippen LogP contribution in [0.3, 0.4) is 0 Å². The molecule has 0 aliphatic carbocycles. The minimum atomic E-state index is 0.930. The number of rotatable bonds is 3. The number of nitrogens with zero attached hydrogens (tertiary/aromatic N) is 1. The van der Waals surface area contributed by atoms with Crippen LogP contribution in [0.1, 0.15) is 19.8 Å². The van der Waals surface area contributed by atoms with Gasteiger partial charge in [-0.3, -0.25) is 0 Å². The molecular formula is C8H17NS. The lowest BCUT2D eigenvalue weighted by Gasteiger charge is -2.13. The van der Waals surface area contributed by atoms with E-state index in [1.807, 2.05) is 0 Å². The highest BCUT2D eigenvalue weighted by Crippen LogP contribution is 2.14. The minimum Gasteiger partial charge on any atom is -0.303 e. The second-order valence-electron chi connectivity index (χ2n) is 3.27. The molecule has 0 aromatic carbocycles. The van der Waals surface area contributed by atoms with Gasteiger partial charge in [-0.1, -0.05) is 6.92 Å². The molecule has 0 bridgehead atoms. The topological polar surface area (TPSA) is 3.24 Å². The molecule has 1 saturated heterocycles. The molecule has 0 aromatic heterocycles. The molecule has 0 amide bonds. The standard InChI is InChI=1S/C8H17NS/c1-8-3-5-9(7-8)4-2-6-10/h8,10H,2-7H2,1H3. The van der Waals surface area contributed by atoms with Gasteiger partial charge in [0.25, 0.3) is 0 Å². The summed E-state index contributed by atoms with van der Waals surface area (Å²) in [5.41, 5.74) is 0. The average Bonchev–Trinajstić information content (AvgIpc) is 2.31. The van der Waals surface area contributed by atoms with Crippen LogP contribution in [0.4, 0.5) is 0 Å². The molecule has 10 heavy (non-hydrogen) atoms. The van der Waals surface area contributed by atoms with Crippen LogP contribution in [0, 0.1) is 5.92 Å². The fourth-order valence-electron chi connectivity index (χ4n) is 1.52. The molecule has 0 N–H and O–H groups in total. The van der Waals surface area contributed by atoms with E-state index in [2.05, 4.69) is 24.5 Å². The SMILES string of the molecule is CC1CCN(CCCS)C1. The quantitative estimate of drug-likeness (QED) is 0.613. The molecule has 1 aliphatic heterocycles. The normalized spacial score (nSPS) is 27.6. The van der Waals surface area contributed by atoms with Gasteiger partial charge < -0.3 is 4.90 Å². The van der Waals surface area contributed by atoms with Crippen molar-refractivity contribution in [3.63, 3.8) is 0 Å². The molecule has 0 aromatic rings. The van der Waals surface area contributed by atoms with Crippen LogP contribution in [0.2, 0.25) is 0 Å². The van der Waals surface area contributed by atoms with Crippen molar-refractivity contribution < 1.29 is 0 Å². The third-order valence-electron chi connectivity index (χ3n) is 2.14. The summed E-state index contributed by atoms with van der Waals surface area (Å²) in [7, 11) is 0. The Morgan fingerprint density at radius 1 is 1.60 bits per heavy atom. The van der Waals surface area contributed by atoms with Gasteiger partial charge in [0.15, 0.2) is 0 Å². The summed E-state index contributed by atoms with van der Waals surface area (Å²) in [5, 5.41) is 0. The van der Waals surface area contributed by atoms with Crippen LogP contribution in [0.15, 0.2) is 0 Å². The lowest BCUT2D eigenvalue weighted by atomic mass is 10.2. The van der Waals surface area contributed by atoms with Crippen molar-refractivity contribution in [1.82, 2.24) is 4.90 Å². The van der Waals surface area contributed by atoms with Gasteiger partial charge in [-0.2, -0.15) is 12.6 Å². The molecule has 1 heterocycles. The second-order valence-corrected chi connectivity index (χ2v) is 3.72. The summed E-state index contributed by atoms with van der Waals surface area (Å²) in [5.74, 6) is 1.96. The Labute approximate surface area is 69.2 Å². The van der Waals surface area contributed by atoms with E-state index in [-0.39, 0.29) is 0 Å². The third-order valence-corrected chi connectivity index (χ3v) is 2.46. The molecule has 2 heteroatoms. The van der Waals surface area contributed by atoms with E-state index in [0.29, 0.717) is 0 Å². The van der Waals surface area contributed by atoms with Gasteiger partial charge in [-0.15, -0.1) is 0 Å². The van der Waals surface area contributed by atoms with E-state index in [1.54, 1.807) is 0 Å². The maximum atomic E-state index is 4.19. The van der Waals surface area contributed by atoms with Crippen molar-refractivity contribution in [3.05, 3.63) is 0 Å². The van der Waals surface area contributed by atoms with Crippen molar-refractivity contribution in [1.29, 1.82) is 0 Å². The van der Waals surface area contributed by atoms with E-state index in [0.717, 1.165) is 11.7 Å². The molecule has 0 radical (unpaired) electrons. The van der Waals surface area contributed by atoms with E-state index in [1.165, 1.54) is 32.5 Å². The highest BCUT2D eigenvalue weighted by atomic mass is 32.1. The van der Waals surface area contributed by atoms with E-state index < -0.39 is 0 Å². The molecule has 60 valence electrons. The van der Waals surface area contributed by atoms with Crippen LogP contribution < -0.4 is 0 Å². The van der Waals surface area contributed by atoms with Crippen molar-refractivity contribution in [3.8, 4) is 0 Å². The van der Waals surface area contributed by atoms with Crippen LogP contribution in [-0.4, -0.2) is 30.3 Å². The van der Waals surface area contributed by atoms with Crippen molar-refractivity contribution >= 4 is 12.6 Å². The van der Waals surface area contributed by atoms with Crippen LogP contribution in [0.5, 0.6) is 0 Å². The summed E-state index contributed by atoms with van der Waals surface area (Å²) >= 11 is 4.19. The molecular weight excluding hydrogens is 142 g/mol. The zero-order valence-electron chi connectivity index (χ0n) is 6.71. The van der Waals surface area contributed by atoms with Gasteiger partial charge >= 0.3 is 0 Å². The highest BCUT2D eigenvalue weighted by Gasteiger charge is 2.16. The van der Waals surface area contributed by atoms with Gasteiger partial charge in [0.05, 0.1) is 0 Å². The Morgan fingerprint density at radius 2 is 2.40 bits per heavy atom. The molecule has 0 spiro atoms. The first kappa shape index (κ1) is 8.41. The highest BCUT2D eigenvalue weighted by molar-refractivity contribution is 7.80. The molecule has 1 nitrogen and oxygen atoms in total. The first-order valence-corrected chi connectivity index (χ1v) is 4.79. The molecule has 1 rings (SSSR count). The zero-order valence-corrected chi connectivity index (χ0v) is 7.61. The first-order chi connectivity index (χ1) is 4.83. The number of thiol groups is 1. The van der Waals surface area contributed by atoms with Crippen LogP contribution in [0.25, 0.3) is 0 Å². The third kappa shape index (κ3) is 2.51. The monoisotopic (exact) mass is 159 g/mol. The van der Waals surface area contributed by atoms with E-state index in [9.17, 15) is 0 Å². The predicted octanol–water partition coefficient (Wildman–Crippen LogP) is 1.65. The summed E-state index contributed by atoms with van der Waals surface area (Å²) < 4.78 is 0. The van der Waals surface area contributed by atoms with Gasteiger partial charge in [0.2, 0.25) is 0 Å². The minimum absolute atomic E-state index is 0.930. The zero-order chi connectivity index (χ0) is 7.40. The van der Waals surface area contributed by atoms with Crippen LogP contribution >= 0.6 is 12.6 Å². The molecule has 1 aliphatic rings. The summed E-state index contributed by atoms with van der Waals surface area (Å²) in [6, 6.07) is 0. The Bertz CT molecular complexity index is 95.3. The van der Waals surface area contributed by atoms with E-state index >= 15 is 0 Å². The average molecular weight is 159 g/mol. The van der Waals surface area contributed by atoms with Gasteiger partial charge in [-0.25, -0.2) is 0 Å². The van der Waals surface area contributed by atoms with Gasteiger partial charge in [-0.05, 0) is 37.6 Å². The Kier molecular flexibility index (Phi) is 3.57. The predicted molar refractivity (Wildman–Crippen MR) is 48.7 cm³/mol. The van der Waals surface area contributed by atoms with Crippen molar-refractivity contribution in [2.24, 2.45) is 5.92 Å². The second kappa shape index (κ2) is 4.24. The fourth-order valence-corrected chi connectivity index (χ4v) is 1.67. The molecule has 1 fully saturated rings. The largest absolute Gasteiger partial charge is 0.303 e.